The summed E-state index contributed by atoms with van der Waals surface area (Å²) in [6.45, 7) is 3.93. The molecule has 0 unspecified atom stereocenters. The van der Waals surface area contributed by atoms with Crippen molar-refractivity contribution in [1.29, 1.82) is 0 Å². The van der Waals surface area contributed by atoms with Gasteiger partial charge in [-0.25, -0.2) is 0 Å². The van der Waals surface area contributed by atoms with Crippen LogP contribution in [0.15, 0.2) is 42.5 Å². The molecular formula is C19H20O3. The molecule has 0 radical (unpaired) electrons. The lowest BCUT2D eigenvalue weighted by Gasteiger charge is -2.06. The van der Waals surface area contributed by atoms with Gasteiger partial charge in [-0.05, 0) is 54.8 Å². The number of ether oxygens (including phenoxy) is 1. The highest BCUT2D eigenvalue weighted by Crippen LogP contribution is 2.19. The maximum Gasteiger partial charge on any atom is 0.185 e. The maximum atomic E-state index is 12.3. The Bertz CT molecular complexity index is 692. The van der Waals surface area contributed by atoms with Crippen LogP contribution in [0.3, 0.4) is 0 Å². The number of carbonyl (C=O) groups excluding carboxylic acids is 1. The molecule has 0 aliphatic carbocycles. The molecule has 2 aromatic carbocycles. The van der Waals surface area contributed by atoms with Gasteiger partial charge in [-0.3, -0.25) is 4.79 Å². The molecule has 114 valence electrons. The first-order valence-corrected chi connectivity index (χ1v) is 7.12. The molecule has 0 spiro atoms. The van der Waals surface area contributed by atoms with Crippen LogP contribution in [-0.4, -0.2) is 18.0 Å². The third-order valence-corrected chi connectivity index (χ3v) is 3.51. The first-order chi connectivity index (χ1) is 10.5. The van der Waals surface area contributed by atoms with Crippen LogP contribution in [0.1, 0.15) is 32.6 Å². The average molecular weight is 296 g/mol. The maximum absolute atomic E-state index is 12.3. The van der Waals surface area contributed by atoms with Crippen molar-refractivity contribution < 1.29 is 14.6 Å². The van der Waals surface area contributed by atoms with E-state index in [1.807, 2.05) is 32.1 Å². The summed E-state index contributed by atoms with van der Waals surface area (Å²) in [6, 6.07) is 11.2. The van der Waals surface area contributed by atoms with Crippen LogP contribution in [0.4, 0.5) is 0 Å². The molecule has 3 heteroatoms. The molecule has 2 rings (SSSR count). The van der Waals surface area contributed by atoms with Crippen molar-refractivity contribution in [3.63, 3.8) is 0 Å². The SMILES string of the molecule is COc1cc(CO)cc(C(=O)/C=C/c2ccc(C)cc2C)c1. The van der Waals surface area contributed by atoms with Crippen LogP contribution >= 0.6 is 0 Å². The molecule has 1 N–H and O–H groups in total. The molecule has 0 amide bonds. The minimum Gasteiger partial charge on any atom is -0.497 e. The molecule has 0 saturated carbocycles. The highest BCUT2D eigenvalue weighted by Gasteiger charge is 2.07. The summed E-state index contributed by atoms with van der Waals surface area (Å²) in [6.07, 6.45) is 3.36. The summed E-state index contributed by atoms with van der Waals surface area (Å²) in [5.41, 5.74) is 4.50. The van der Waals surface area contributed by atoms with Gasteiger partial charge in [-0.1, -0.05) is 29.8 Å². The van der Waals surface area contributed by atoms with Gasteiger partial charge in [0.1, 0.15) is 5.75 Å². The summed E-state index contributed by atoms with van der Waals surface area (Å²) in [5.74, 6) is 0.448. The number of aliphatic hydroxyl groups is 1. The number of rotatable bonds is 5. The fraction of sp³-hybridized carbons (Fsp3) is 0.211. The van der Waals surface area contributed by atoms with E-state index in [0.717, 1.165) is 11.1 Å². The number of benzene rings is 2. The van der Waals surface area contributed by atoms with Crippen LogP contribution in [0.5, 0.6) is 5.75 Å². The standard InChI is InChI=1S/C19H20O3/c1-13-4-5-16(14(2)8-13)6-7-19(21)17-9-15(12-20)10-18(11-17)22-3/h4-11,20H,12H2,1-3H3/b7-6+. The third-order valence-electron chi connectivity index (χ3n) is 3.51. The van der Waals surface area contributed by atoms with E-state index < -0.39 is 0 Å². The Hall–Kier alpha value is -2.39. The molecule has 0 aliphatic heterocycles. The predicted octanol–water partition coefficient (Wildman–Crippen LogP) is 3.70. The Kier molecular flexibility index (Phi) is 5.12. The smallest absolute Gasteiger partial charge is 0.185 e. The number of methoxy groups -OCH3 is 1. The van der Waals surface area contributed by atoms with Gasteiger partial charge in [-0.2, -0.15) is 0 Å². The summed E-state index contributed by atoms with van der Waals surface area (Å²) in [5, 5.41) is 9.25. The first-order valence-electron chi connectivity index (χ1n) is 7.12. The molecule has 0 atom stereocenters. The topological polar surface area (TPSA) is 46.5 Å². The zero-order valence-corrected chi connectivity index (χ0v) is 13.1. The lowest BCUT2D eigenvalue weighted by atomic mass is 10.0. The van der Waals surface area contributed by atoms with Crippen molar-refractivity contribution in [2.75, 3.05) is 7.11 Å². The minimum atomic E-state index is -0.127. The van der Waals surface area contributed by atoms with Crippen molar-refractivity contribution >= 4 is 11.9 Å². The molecule has 0 saturated heterocycles. The number of aryl methyl sites for hydroxylation is 2. The van der Waals surface area contributed by atoms with Gasteiger partial charge in [0.15, 0.2) is 5.78 Å². The molecule has 3 nitrogen and oxygen atoms in total. The second kappa shape index (κ2) is 7.05. The monoisotopic (exact) mass is 296 g/mol. The van der Waals surface area contributed by atoms with Crippen LogP contribution in [-0.2, 0) is 6.61 Å². The van der Waals surface area contributed by atoms with Crippen molar-refractivity contribution in [1.82, 2.24) is 0 Å². The number of hydrogen-bond acceptors (Lipinski definition) is 3. The minimum absolute atomic E-state index is 0.117. The normalized spacial score (nSPS) is 10.9. The lowest BCUT2D eigenvalue weighted by Crippen LogP contribution is -1.98. The van der Waals surface area contributed by atoms with Crippen LogP contribution in [0, 0.1) is 13.8 Å². The Morgan fingerprint density at radius 2 is 1.95 bits per heavy atom. The van der Waals surface area contributed by atoms with E-state index in [4.69, 9.17) is 4.74 Å². The molecule has 0 bridgehead atoms. The average Bonchev–Trinajstić information content (AvgIpc) is 2.53. The van der Waals surface area contributed by atoms with E-state index in [1.165, 1.54) is 12.7 Å². The summed E-state index contributed by atoms with van der Waals surface area (Å²) >= 11 is 0. The molecule has 0 aliphatic rings. The van der Waals surface area contributed by atoms with E-state index >= 15 is 0 Å². The Labute approximate surface area is 130 Å². The van der Waals surface area contributed by atoms with Gasteiger partial charge >= 0.3 is 0 Å². The number of hydrogen-bond donors (Lipinski definition) is 1. The number of ketones is 1. The summed E-state index contributed by atoms with van der Waals surface area (Å²) in [4.78, 5) is 12.3. The zero-order chi connectivity index (χ0) is 16.1. The predicted molar refractivity (Wildman–Crippen MR) is 88.2 cm³/mol. The highest BCUT2D eigenvalue weighted by atomic mass is 16.5. The molecular weight excluding hydrogens is 276 g/mol. The molecule has 0 aromatic heterocycles. The zero-order valence-electron chi connectivity index (χ0n) is 13.1. The van der Waals surface area contributed by atoms with Gasteiger partial charge in [-0.15, -0.1) is 0 Å². The quantitative estimate of drug-likeness (QED) is 0.676. The molecule has 0 heterocycles. The largest absolute Gasteiger partial charge is 0.497 e. The van der Waals surface area contributed by atoms with E-state index in [0.29, 0.717) is 16.9 Å². The van der Waals surface area contributed by atoms with Gasteiger partial charge in [0.2, 0.25) is 0 Å². The number of aliphatic hydroxyl groups excluding tert-OH is 1. The second-order valence-corrected chi connectivity index (χ2v) is 5.29. The lowest BCUT2D eigenvalue weighted by molar-refractivity contribution is 0.104. The van der Waals surface area contributed by atoms with Crippen molar-refractivity contribution in [3.8, 4) is 5.75 Å². The van der Waals surface area contributed by atoms with Crippen molar-refractivity contribution in [2.45, 2.75) is 20.5 Å². The third kappa shape index (κ3) is 3.83. The van der Waals surface area contributed by atoms with Crippen LogP contribution in [0.2, 0.25) is 0 Å². The second-order valence-electron chi connectivity index (χ2n) is 5.29. The Morgan fingerprint density at radius 3 is 2.59 bits per heavy atom. The van der Waals surface area contributed by atoms with E-state index in [9.17, 15) is 9.90 Å². The van der Waals surface area contributed by atoms with E-state index in [-0.39, 0.29) is 12.4 Å². The Balaban J connectivity index is 2.26. The van der Waals surface area contributed by atoms with E-state index in [1.54, 1.807) is 24.3 Å². The van der Waals surface area contributed by atoms with Crippen LogP contribution < -0.4 is 4.74 Å². The fourth-order valence-electron chi connectivity index (χ4n) is 2.29. The van der Waals surface area contributed by atoms with E-state index in [2.05, 4.69) is 6.07 Å². The van der Waals surface area contributed by atoms with Gasteiger partial charge in [0, 0.05) is 5.56 Å². The van der Waals surface area contributed by atoms with Crippen molar-refractivity contribution in [2.24, 2.45) is 0 Å². The molecule has 0 fully saturated rings. The molecule has 2 aromatic rings. The molecule has 22 heavy (non-hydrogen) atoms. The highest BCUT2D eigenvalue weighted by molar-refractivity contribution is 6.07. The summed E-state index contributed by atoms with van der Waals surface area (Å²) < 4.78 is 5.16. The number of carbonyl (C=O) groups is 1. The Morgan fingerprint density at radius 1 is 1.18 bits per heavy atom. The fourth-order valence-corrected chi connectivity index (χ4v) is 2.29. The number of allylic oxidation sites excluding steroid dienone is 1. The summed E-state index contributed by atoms with van der Waals surface area (Å²) in [7, 11) is 1.54. The first kappa shape index (κ1) is 16.0. The van der Waals surface area contributed by atoms with Gasteiger partial charge in [0.05, 0.1) is 13.7 Å². The van der Waals surface area contributed by atoms with Crippen LogP contribution in [0.25, 0.3) is 6.08 Å². The van der Waals surface area contributed by atoms with Crippen molar-refractivity contribution in [3.05, 3.63) is 70.3 Å². The van der Waals surface area contributed by atoms with Gasteiger partial charge in [0.25, 0.3) is 0 Å². The van der Waals surface area contributed by atoms with Gasteiger partial charge < -0.3 is 9.84 Å².